The molecular formula is C20H25NO3. The van der Waals surface area contributed by atoms with Crippen LogP contribution in [0.3, 0.4) is 0 Å². The van der Waals surface area contributed by atoms with Crippen LogP contribution in [0.4, 0.5) is 0 Å². The van der Waals surface area contributed by atoms with Crippen molar-refractivity contribution in [3.05, 3.63) is 42.0 Å². The van der Waals surface area contributed by atoms with Gasteiger partial charge in [-0.05, 0) is 54.2 Å². The quantitative estimate of drug-likeness (QED) is 0.918. The number of amides is 1. The van der Waals surface area contributed by atoms with Crippen molar-refractivity contribution < 1.29 is 14.6 Å². The highest BCUT2D eigenvalue weighted by Gasteiger charge is 2.26. The Balaban J connectivity index is 1.84. The average Bonchev–Trinajstić information content (AvgIpc) is 2.62. The SMILES string of the molecule is COc1ccc2cccc(CC(=O)N3CCCCC3CCO)c2c1. The highest BCUT2D eigenvalue weighted by Crippen LogP contribution is 2.26. The summed E-state index contributed by atoms with van der Waals surface area (Å²) in [6, 6.07) is 12.2. The number of carbonyl (C=O) groups is 1. The van der Waals surface area contributed by atoms with Gasteiger partial charge < -0.3 is 14.7 Å². The lowest BCUT2D eigenvalue weighted by molar-refractivity contribution is -0.134. The Kier molecular flexibility index (Phi) is 5.36. The predicted octanol–water partition coefficient (Wildman–Crippen LogP) is 3.15. The molecule has 2 aromatic rings. The summed E-state index contributed by atoms with van der Waals surface area (Å²) in [6.07, 6.45) is 4.26. The van der Waals surface area contributed by atoms with E-state index in [1.54, 1.807) is 7.11 Å². The van der Waals surface area contributed by atoms with Gasteiger partial charge in [0.25, 0.3) is 0 Å². The molecule has 1 amide bonds. The molecule has 0 aromatic heterocycles. The lowest BCUT2D eigenvalue weighted by Crippen LogP contribution is -2.44. The first-order valence-corrected chi connectivity index (χ1v) is 8.69. The van der Waals surface area contributed by atoms with Crippen molar-refractivity contribution >= 4 is 16.7 Å². The summed E-state index contributed by atoms with van der Waals surface area (Å²) in [5.74, 6) is 0.960. The second-order valence-corrected chi connectivity index (χ2v) is 6.43. The first-order valence-electron chi connectivity index (χ1n) is 8.69. The van der Waals surface area contributed by atoms with Gasteiger partial charge in [-0.15, -0.1) is 0 Å². The number of nitrogens with zero attached hydrogens (tertiary/aromatic N) is 1. The zero-order valence-corrected chi connectivity index (χ0v) is 14.2. The van der Waals surface area contributed by atoms with Gasteiger partial charge >= 0.3 is 0 Å². The number of ether oxygens (including phenoxy) is 1. The van der Waals surface area contributed by atoms with Crippen LogP contribution in [0.5, 0.6) is 5.75 Å². The maximum Gasteiger partial charge on any atom is 0.227 e. The number of benzene rings is 2. The number of aliphatic hydroxyl groups is 1. The van der Waals surface area contributed by atoms with Crippen molar-refractivity contribution in [2.75, 3.05) is 20.3 Å². The summed E-state index contributed by atoms with van der Waals surface area (Å²) in [7, 11) is 1.65. The van der Waals surface area contributed by atoms with Gasteiger partial charge in [-0.1, -0.05) is 24.3 Å². The Labute approximate surface area is 143 Å². The van der Waals surface area contributed by atoms with E-state index in [2.05, 4.69) is 6.07 Å². The number of fused-ring (bicyclic) bond motifs is 1. The Morgan fingerprint density at radius 2 is 2.17 bits per heavy atom. The van der Waals surface area contributed by atoms with Gasteiger partial charge in [-0.2, -0.15) is 0 Å². The molecule has 0 radical (unpaired) electrons. The number of aliphatic hydroxyl groups excluding tert-OH is 1. The van der Waals surface area contributed by atoms with E-state index in [1.807, 2.05) is 35.2 Å². The molecular weight excluding hydrogens is 302 g/mol. The maximum absolute atomic E-state index is 12.9. The van der Waals surface area contributed by atoms with Crippen molar-refractivity contribution in [2.24, 2.45) is 0 Å². The molecule has 0 saturated carbocycles. The molecule has 128 valence electrons. The molecule has 3 rings (SSSR count). The van der Waals surface area contributed by atoms with Gasteiger partial charge in [0.05, 0.1) is 13.5 Å². The Hall–Kier alpha value is -2.07. The summed E-state index contributed by atoms with van der Waals surface area (Å²) in [6.45, 7) is 0.942. The van der Waals surface area contributed by atoms with E-state index in [1.165, 1.54) is 0 Å². The van der Waals surface area contributed by atoms with Crippen LogP contribution < -0.4 is 4.74 Å². The number of methoxy groups -OCH3 is 1. The topological polar surface area (TPSA) is 49.8 Å². The number of rotatable bonds is 5. The largest absolute Gasteiger partial charge is 0.497 e. The highest BCUT2D eigenvalue weighted by molar-refractivity contribution is 5.91. The molecule has 4 nitrogen and oxygen atoms in total. The van der Waals surface area contributed by atoms with Crippen molar-refractivity contribution in [1.82, 2.24) is 4.90 Å². The van der Waals surface area contributed by atoms with Crippen LogP contribution in [-0.4, -0.2) is 42.2 Å². The van der Waals surface area contributed by atoms with Crippen molar-refractivity contribution in [3.63, 3.8) is 0 Å². The summed E-state index contributed by atoms with van der Waals surface area (Å²) >= 11 is 0. The van der Waals surface area contributed by atoms with Crippen LogP contribution >= 0.6 is 0 Å². The third-order valence-electron chi connectivity index (χ3n) is 4.93. The predicted molar refractivity (Wildman–Crippen MR) is 95.3 cm³/mol. The van der Waals surface area contributed by atoms with E-state index < -0.39 is 0 Å². The highest BCUT2D eigenvalue weighted by atomic mass is 16.5. The minimum Gasteiger partial charge on any atom is -0.497 e. The van der Waals surface area contributed by atoms with Crippen LogP contribution in [0.2, 0.25) is 0 Å². The van der Waals surface area contributed by atoms with Gasteiger partial charge in [0.15, 0.2) is 0 Å². The van der Waals surface area contributed by atoms with Gasteiger partial charge in [-0.3, -0.25) is 4.79 Å². The summed E-state index contributed by atoms with van der Waals surface area (Å²) in [5.41, 5.74) is 1.03. The first-order chi connectivity index (χ1) is 11.7. The van der Waals surface area contributed by atoms with Crippen molar-refractivity contribution in [1.29, 1.82) is 0 Å². The van der Waals surface area contributed by atoms with Crippen molar-refractivity contribution in [3.8, 4) is 5.75 Å². The second kappa shape index (κ2) is 7.67. The lowest BCUT2D eigenvalue weighted by atomic mass is 9.97. The molecule has 1 aliphatic rings. The number of likely N-dealkylation sites (tertiary alicyclic amines) is 1. The molecule has 1 heterocycles. The van der Waals surface area contributed by atoms with Crippen molar-refractivity contribution in [2.45, 2.75) is 38.1 Å². The number of piperidine rings is 1. The molecule has 2 aromatic carbocycles. The Bertz CT molecular complexity index is 711. The fraction of sp³-hybridized carbons (Fsp3) is 0.450. The molecule has 4 heteroatoms. The third kappa shape index (κ3) is 3.54. The van der Waals surface area contributed by atoms with E-state index in [9.17, 15) is 9.90 Å². The number of carbonyl (C=O) groups excluding carboxylic acids is 1. The molecule has 0 aliphatic carbocycles. The van der Waals surface area contributed by atoms with Crippen LogP contribution in [0, 0.1) is 0 Å². The lowest BCUT2D eigenvalue weighted by Gasteiger charge is -2.35. The standard InChI is InChI=1S/C20H25NO3/c1-24-18-9-8-15-5-4-6-16(19(15)14-18)13-20(23)21-11-3-2-7-17(21)10-12-22/h4-6,8-9,14,17,22H,2-3,7,10-13H2,1H3. The summed E-state index contributed by atoms with van der Waals surface area (Å²) in [4.78, 5) is 14.8. The van der Waals surface area contributed by atoms with Gasteiger partial charge in [0.2, 0.25) is 5.91 Å². The normalized spacial score (nSPS) is 17.9. The molecule has 24 heavy (non-hydrogen) atoms. The van der Waals surface area contributed by atoms with E-state index in [-0.39, 0.29) is 18.6 Å². The summed E-state index contributed by atoms with van der Waals surface area (Å²) in [5, 5.41) is 11.4. The zero-order valence-electron chi connectivity index (χ0n) is 14.2. The molecule has 0 spiro atoms. The van der Waals surface area contributed by atoms with Crippen LogP contribution in [0.1, 0.15) is 31.2 Å². The number of hydrogen-bond acceptors (Lipinski definition) is 3. The minimum absolute atomic E-state index is 0.139. The van der Waals surface area contributed by atoms with Gasteiger partial charge in [0, 0.05) is 19.2 Å². The van der Waals surface area contributed by atoms with Gasteiger partial charge in [0.1, 0.15) is 5.75 Å². The fourth-order valence-electron chi connectivity index (χ4n) is 3.64. The van der Waals surface area contributed by atoms with E-state index in [0.717, 1.165) is 47.9 Å². The Morgan fingerprint density at radius 3 is 2.96 bits per heavy atom. The smallest absolute Gasteiger partial charge is 0.227 e. The minimum atomic E-state index is 0.139. The van der Waals surface area contributed by atoms with E-state index in [4.69, 9.17) is 4.74 Å². The van der Waals surface area contributed by atoms with Crippen LogP contribution in [0.25, 0.3) is 10.8 Å². The molecule has 1 unspecified atom stereocenters. The monoisotopic (exact) mass is 327 g/mol. The third-order valence-corrected chi connectivity index (χ3v) is 4.93. The number of hydrogen-bond donors (Lipinski definition) is 1. The van der Waals surface area contributed by atoms with E-state index >= 15 is 0 Å². The average molecular weight is 327 g/mol. The molecule has 1 N–H and O–H groups in total. The Morgan fingerprint density at radius 1 is 1.29 bits per heavy atom. The molecule has 1 atom stereocenters. The molecule has 1 aliphatic heterocycles. The zero-order chi connectivity index (χ0) is 16.9. The fourth-order valence-corrected chi connectivity index (χ4v) is 3.64. The molecule has 1 saturated heterocycles. The maximum atomic E-state index is 12.9. The molecule has 1 fully saturated rings. The van der Waals surface area contributed by atoms with Crippen LogP contribution in [0.15, 0.2) is 36.4 Å². The second-order valence-electron chi connectivity index (χ2n) is 6.43. The van der Waals surface area contributed by atoms with Crippen LogP contribution in [-0.2, 0) is 11.2 Å². The summed E-state index contributed by atoms with van der Waals surface area (Å²) < 4.78 is 5.32. The molecule has 0 bridgehead atoms. The van der Waals surface area contributed by atoms with E-state index in [0.29, 0.717) is 12.8 Å². The van der Waals surface area contributed by atoms with Gasteiger partial charge in [-0.25, -0.2) is 0 Å². The first kappa shape index (κ1) is 16.8.